The normalized spacial score (nSPS) is 44.8. The number of rotatable bonds is 2. The van der Waals surface area contributed by atoms with Crippen molar-refractivity contribution in [3.63, 3.8) is 0 Å². The maximum Gasteiger partial charge on any atom is 0.0695 e. The van der Waals surface area contributed by atoms with Gasteiger partial charge in [-0.1, -0.05) is 20.3 Å². The molecule has 1 saturated heterocycles. The molecule has 2 fully saturated rings. The molecule has 0 spiro atoms. The molecular weight excluding hydrogens is 210 g/mol. The van der Waals surface area contributed by atoms with E-state index in [1.807, 2.05) is 0 Å². The van der Waals surface area contributed by atoms with Gasteiger partial charge in [-0.15, -0.1) is 0 Å². The summed E-state index contributed by atoms with van der Waals surface area (Å²) < 4.78 is 0. The number of nitrogens with zero attached hydrogens (tertiary/aromatic N) is 1. The molecular formula is C15H29NO. The molecule has 2 nitrogen and oxygen atoms in total. The average Bonchev–Trinajstić information content (AvgIpc) is 2.33. The van der Waals surface area contributed by atoms with Gasteiger partial charge in [0.25, 0.3) is 0 Å². The van der Waals surface area contributed by atoms with Crippen LogP contribution in [-0.4, -0.2) is 34.7 Å². The summed E-state index contributed by atoms with van der Waals surface area (Å²) in [4.78, 5) is 2.61. The molecule has 5 unspecified atom stereocenters. The Morgan fingerprint density at radius 2 is 1.88 bits per heavy atom. The Labute approximate surface area is 106 Å². The van der Waals surface area contributed by atoms with Crippen LogP contribution in [0.3, 0.4) is 0 Å². The van der Waals surface area contributed by atoms with Crippen LogP contribution in [0.25, 0.3) is 0 Å². The van der Waals surface area contributed by atoms with Crippen LogP contribution in [0.4, 0.5) is 0 Å². The second-order valence-corrected chi connectivity index (χ2v) is 6.45. The Balaban J connectivity index is 2.02. The van der Waals surface area contributed by atoms with E-state index in [1.165, 1.54) is 38.6 Å². The van der Waals surface area contributed by atoms with Gasteiger partial charge in [0.15, 0.2) is 0 Å². The molecule has 100 valence electrons. The third-order valence-corrected chi connectivity index (χ3v) is 5.06. The molecule has 0 radical (unpaired) electrons. The van der Waals surface area contributed by atoms with Gasteiger partial charge >= 0.3 is 0 Å². The standard InChI is InChI=1S/C15H29NO/c1-4-13-7-8-15(17)14(9-13)16-10-11(2)5-6-12(16)3/h11-15,17H,4-10H2,1-3H3. The second kappa shape index (κ2) is 5.71. The summed E-state index contributed by atoms with van der Waals surface area (Å²) in [6.07, 6.45) is 7.33. The molecule has 0 bridgehead atoms. The van der Waals surface area contributed by atoms with Crippen molar-refractivity contribution >= 4 is 0 Å². The number of piperidine rings is 1. The Kier molecular flexibility index (Phi) is 4.48. The summed E-state index contributed by atoms with van der Waals surface area (Å²) in [7, 11) is 0. The smallest absolute Gasteiger partial charge is 0.0695 e. The summed E-state index contributed by atoms with van der Waals surface area (Å²) in [5.74, 6) is 1.65. The lowest BCUT2D eigenvalue weighted by atomic mass is 9.80. The number of hydrogen-bond donors (Lipinski definition) is 1. The Morgan fingerprint density at radius 1 is 1.12 bits per heavy atom. The van der Waals surface area contributed by atoms with Gasteiger partial charge < -0.3 is 5.11 Å². The molecule has 0 aromatic carbocycles. The highest BCUT2D eigenvalue weighted by molar-refractivity contribution is 4.91. The van der Waals surface area contributed by atoms with Crippen molar-refractivity contribution in [3.05, 3.63) is 0 Å². The third-order valence-electron chi connectivity index (χ3n) is 5.06. The zero-order chi connectivity index (χ0) is 12.4. The molecule has 17 heavy (non-hydrogen) atoms. The zero-order valence-corrected chi connectivity index (χ0v) is 11.7. The van der Waals surface area contributed by atoms with E-state index < -0.39 is 0 Å². The molecule has 2 heteroatoms. The van der Waals surface area contributed by atoms with Gasteiger partial charge in [-0.2, -0.15) is 0 Å². The number of aliphatic hydroxyl groups is 1. The van der Waals surface area contributed by atoms with Crippen LogP contribution in [0.15, 0.2) is 0 Å². The molecule has 2 aliphatic rings. The van der Waals surface area contributed by atoms with Gasteiger partial charge in [0, 0.05) is 18.6 Å². The van der Waals surface area contributed by atoms with E-state index in [1.54, 1.807) is 0 Å². The maximum absolute atomic E-state index is 10.3. The van der Waals surface area contributed by atoms with Gasteiger partial charge in [0.2, 0.25) is 0 Å². The minimum atomic E-state index is -0.0782. The van der Waals surface area contributed by atoms with Gasteiger partial charge in [-0.25, -0.2) is 0 Å². The molecule has 0 aromatic rings. The van der Waals surface area contributed by atoms with Gasteiger partial charge in [-0.05, 0) is 50.9 Å². The molecule has 5 atom stereocenters. The molecule has 1 saturated carbocycles. The van der Waals surface area contributed by atoms with E-state index >= 15 is 0 Å². The minimum absolute atomic E-state index is 0.0782. The van der Waals surface area contributed by atoms with Crippen LogP contribution in [-0.2, 0) is 0 Å². The van der Waals surface area contributed by atoms with Crippen LogP contribution >= 0.6 is 0 Å². The van der Waals surface area contributed by atoms with E-state index in [0.717, 1.165) is 18.3 Å². The van der Waals surface area contributed by atoms with E-state index in [9.17, 15) is 5.11 Å². The first-order valence-corrected chi connectivity index (χ1v) is 7.55. The lowest BCUT2D eigenvalue weighted by molar-refractivity contribution is -0.0342. The van der Waals surface area contributed by atoms with E-state index in [0.29, 0.717) is 12.1 Å². The highest BCUT2D eigenvalue weighted by Gasteiger charge is 2.36. The van der Waals surface area contributed by atoms with Crippen molar-refractivity contribution in [2.75, 3.05) is 6.54 Å². The molecule has 0 amide bonds. The predicted octanol–water partition coefficient (Wildman–Crippen LogP) is 3.05. The summed E-state index contributed by atoms with van der Waals surface area (Å²) in [5.41, 5.74) is 0. The molecule has 1 aliphatic carbocycles. The van der Waals surface area contributed by atoms with Crippen molar-refractivity contribution in [2.45, 2.75) is 77.5 Å². The maximum atomic E-state index is 10.3. The quantitative estimate of drug-likeness (QED) is 0.800. The van der Waals surface area contributed by atoms with Crippen LogP contribution in [0.5, 0.6) is 0 Å². The van der Waals surface area contributed by atoms with Crippen LogP contribution in [0.2, 0.25) is 0 Å². The predicted molar refractivity (Wildman–Crippen MR) is 72.0 cm³/mol. The van der Waals surface area contributed by atoms with Gasteiger partial charge in [0.05, 0.1) is 6.10 Å². The Hall–Kier alpha value is -0.0800. The van der Waals surface area contributed by atoms with Crippen molar-refractivity contribution in [1.29, 1.82) is 0 Å². The lowest BCUT2D eigenvalue weighted by Crippen LogP contribution is -2.54. The van der Waals surface area contributed by atoms with Crippen molar-refractivity contribution in [3.8, 4) is 0 Å². The fourth-order valence-electron chi connectivity index (χ4n) is 3.73. The largest absolute Gasteiger partial charge is 0.391 e. The van der Waals surface area contributed by atoms with Gasteiger partial charge in [-0.3, -0.25) is 4.90 Å². The van der Waals surface area contributed by atoms with Crippen molar-refractivity contribution in [1.82, 2.24) is 4.90 Å². The zero-order valence-electron chi connectivity index (χ0n) is 11.7. The fraction of sp³-hybridized carbons (Fsp3) is 1.00. The number of aliphatic hydroxyl groups excluding tert-OH is 1. The van der Waals surface area contributed by atoms with Crippen LogP contribution in [0.1, 0.15) is 59.3 Å². The Morgan fingerprint density at radius 3 is 2.59 bits per heavy atom. The molecule has 1 N–H and O–H groups in total. The first-order chi connectivity index (χ1) is 8.11. The van der Waals surface area contributed by atoms with Crippen LogP contribution in [0, 0.1) is 11.8 Å². The number of likely N-dealkylation sites (tertiary alicyclic amines) is 1. The molecule has 2 rings (SSSR count). The SMILES string of the molecule is CCC1CCC(O)C(N2CC(C)CCC2C)C1. The highest BCUT2D eigenvalue weighted by Crippen LogP contribution is 2.34. The lowest BCUT2D eigenvalue weighted by Gasteiger charge is -2.47. The third kappa shape index (κ3) is 3.03. The molecule has 1 heterocycles. The summed E-state index contributed by atoms with van der Waals surface area (Å²) in [6, 6.07) is 1.10. The average molecular weight is 239 g/mol. The van der Waals surface area contributed by atoms with Crippen LogP contribution < -0.4 is 0 Å². The first kappa shape index (κ1) is 13.4. The molecule has 0 aromatic heterocycles. The monoisotopic (exact) mass is 239 g/mol. The highest BCUT2D eigenvalue weighted by atomic mass is 16.3. The van der Waals surface area contributed by atoms with E-state index in [-0.39, 0.29) is 6.10 Å². The van der Waals surface area contributed by atoms with Crippen molar-refractivity contribution in [2.24, 2.45) is 11.8 Å². The fourth-order valence-corrected chi connectivity index (χ4v) is 3.73. The minimum Gasteiger partial charge on any atom is -0.391 e. The Bertz CT molecular complexity index is 243. The van der Waals surface area contributed by atoms with E-state index in [2.05, 4.69) is 25.7 Å². The topological polar surface area (TPSA) is 23.5 Å². The summed E-state index contributed by atoms with van der Waals surface area (Å²) >= 11 is 0. The summed E-state index contributed by atoms with van der Waals surface area (Å²) in [6.45, 7) is 8.18. The summed E-state index contributed by atoms with van der Waals surface area (Å²) in [5, 5.41) is 10.3. The van der Waals surface area contributed by atoms with Gasteiger partial charge in [0.1, 0.15) is 0 Å². The van der Waals surface area contributed by atoms with E-state index in [4.69, 9.17) is 0 Å². The first-order valence-electron chi connectivity index (χ1n) is 7.55. The second-order valence-electron chi connectivity index (χ2n) is 6.45. The van der Waals surface area contributed by atoms with Crippen molar-refractivity contribution < 1.29 is 5.11 Å². The number of hydrogen-bond acceptors (Lipinski definition) is 2. The molecule has 1 aliphatic heterocycles.